The van der Waals surface area contributed by atoms with Gasteiger partial charge in [0.2, 0.25) is 0 Å². The van der Waals surface area contributed by atoms with E-state index in [2.05, 4.69) is 10.6 Å². The summed E-state index contributed by atoms with van der Waals surface area (Å²) in [5, 5.41) is 5.51. The van der Waals surface area contributed by atoms with Crippen LogP contribution < -0.4 is 20.1 Å². The van der Waals surface area contributed by atoms with Crippen LogP contribution in [-0.2, 0) is 0 Å². The number of amides is 2. The minimum Gasteiger partial charge on any atom is -0.495 e. The third-order valence-electron chi connectivity index (χ3n) is 3.06. The predicted molar refractivity (Wildman–Crippen MR) is 92.1 cm³/mol. The average Bonchev–Trinajstić information content (AvgIpc) is 2.56. The van der Waals surface area contributed by atoms with Crippen LogP contribution >= 0.6 is 11.6 Å². The number of rotatable bonds is 5. The van der Waals surface area contributed by atoms with Gasteiger partial charge in [0.15, 0.2) is 0 Å². The van der Waals surface area contributed by atoms with Crippen molar-refractivity contribution in [1.29, 1.82) is 0 Å². The summed E-state index contributed by atoms with van der Waals surface area (Å²) in [5.41, 5.74) is 1.02. The highest BCUT2D eigenvalue weighted by atomic mass is 35.5. The lowest BCUT2D eigenvalue weighted by atomic mass is 10.2. The molecule has 2 aromatic carbocycles. The quantitative estimate of drug-likeness (QED) is 0.845. The van der Waals surface area contributed by atoms with Crippen molar-refractivity contribution in [2.24, 2.45) is 0 Å². The fourth-order valence-corrected chi connectivity index (χ4v) is 2.17. The first-order valence-electron chi connectivity index (χ1n) is 6.94. The van der Waals surface area contributed by atoms with E-state index in [1.165, 1.54) is 32.6 Å². The van der Waals surface area contributed by atoms with Crippen LogP contribution in [-0.4, -0.2) is 20.3 Å². The van der Waals surface area contributed by atoms with E-state index in [0.29, 0.717) is 27.8 Å². The standard InChI is InChI=1S/C17H16ClFN2O3/c1-23-15-10-14(16(24-2)9-13(15)18)21-17(22)20-7-6-11-4-3-5-12(19)8-11/h3-10H,1-2H3,(H2,20,21,22)/b7-6+. The number of carbonyl (C=O) groups excluding carboxylic acids is 1. The van der Waals surface area contributed by atoms with Crippen molar-refractivity contribution in [2.45, 2.75) is 0 Å². The van der Waals surface area contributed by atoms with Gasteiger partial charge >= 0.3 is 6.03 Å². The fraction of sp³-hybridized carbons (Fsp3) is 0.118. The summed E-state index contributed by atoms with van der Waals surface area (Å²) >= 11 is 6.01. The van der Waals surface area contributed by atoms with Gasteiger partial charge < -0.3 is 20.1 Å². The Hall–Kier alpha value is -2.73. The lowest BCUT2D eigenvalue weighted by Gasteiger charge is -2.12. The molecule has 2 amide bonds. The summed E-state index contributed by atoms with van der Waals surface area (Å²) < 4.78 is 23.3. The van der Waals surface area contributed by atoms with E-state index < -0.39 is 6.03 Å². The van der Waals surface area contributed by atoms with Gasteiger partial charge in [-0.2, -0.15) is 0 Å². The number of benzene rings is 2. The molecule has 24 heavy (non-hydrogen) atoms. The molecule has 2 rings (SSSR count). The van der Waals surface area contributed by atoms with Gasteiger partial charge in [0.1, 0.15) is 17.3 Å². The van der Waals surface area contributed by atoms with E-state index in [0.717, 1.165) is 0 Å². The van der Waals surface area contributed by atoms with Crippen LogP contribution in [0.4, 0.5) is 14.9 Å². The highest BCUT2D eigenvalue weighted by Crippen LogP contribution is 2.35. The number of halogens is 2. The molecule has 0 spiro atoms. The van der Waals surface area contributed by atoms with Gasteiger partial charge in [-0.1, -0.05) is 23.7 Å². The van der Waals surface area contributed by atoms with Crippen molar-refractivity contribution in [2.75, 3.05) is 19.5 Å². The SMILES string of the molecule is COc1cc(NC(=O)N/C=C/c2cccc(F)c2)c(OC)cc1Cl. The Labute approximate surface area is 144 Å². The van der Waals surface area contributed by atoms with Crippen LogP contribution in [0.15, 0.2) is 42.6 Å². The molecule has 0 aliphatic heterocycles. The fourth-order valence-electron chi connectivity index (χ4n) is 1.94. The molecule has 0 atom stereocenters. The number of hydrogen-bond acceptors (Lipinski definition) is 3. The summed E-state index contributed by atoms with van der Waals surface area (Å²) in [4.78, 5) is 11.9. The molecule has 0 saturated heterocycles. The van der Waals surface area contributed by atoms with Gasteiger partial charge in [0.25, 0.3) is 0 Å². The second-order valence-corrected chi connectivity index (χ2v) is 5.08. The van der Waals surface area contributed by atoms with Crippen LogP contribution in [0, 0.1) is 5.82 Å². The second-order valence-electron chi connectivity index (χ2n) is 4.67. The van der Waals surface area contributed by atoms with Gasteiger partial charge in [-0.3, -0.25) is 0 Å². The molecule has 0 radical (unpaired) electrons. The number of carbonyl (C=O) groups is 1. The van der Waals surface area contributed by atoms with Crippen LogP contribution in [0.25, 0.3) is 6.08 Å². The molecule has 0 unspecified atom stereocenters. The van der Waals surface area contributed by atoms with Crippen molar-refractivity contribution >= 4 is 29.4 Å². The Morgan fingerprint density at radius 3 is 2.58 bits per heavy atom. The van der Waals surface area contributed by atoms with Gasteiger partial charge in [-0.25, -0.2) is 9.18 Å². The molecule has 0 bridgehead atoms. The Balaban J connectivity index is 2.04. The largest absolute Gasteiger partial charge is 0.495 e. The molecular weight excluding hydrogens is 335 g/mol. The molecule has 2 N–H and O–H groups in total. The number of methoxy groups -OCH3 is 2. The maximum Gasteiger partial charge on any atom is 0.323 e. The predicted octanol–water partition coefficient (Wildman–Crippen LogP) is 4.29. The summed E-state index contributed by atoms with van der Waals surface area (Å²) in [6.07, 6.45) is 2.98. The van der Waals surface area contributed by atoms with E-state index in [-0.39, 0.29) is 5.82 Å². The monoisotopic (exact) mass is 350 g/mol. The molecule has 0 fully saturated rings. The van der Waals surface area contributed by atoms with Crippen LogP contribution in [0.3, 0.4) is 0 Å². The average molecular weight is 351 g/mol. The summed E-state index contributed by atoms with van der Waals surface area (Å²) in [5.74, 6) is 0.452. The molecule has 0 aliphatic rings. The van der Waals surface area contributed by atoms with Crippen molar-refractivity contribution < 1.29 is 18.7 Å². The maximum atomic E-state index is 13.1. The number of urea groups is 1. The van der Waals surface area contributed by atoms with E-state index in [1.54, 1.807) is 30.3 Å². The van der Waals surface area contributed by atoms with Crippen LogP contribution in [0.2, 0.25) is 5.02 Å². The van der Waals surface area contributed by atoms with Gasteiger partial charge in [0.05, 0.1) is 24.9 Å². The minimum absolute atomic E-state index is 0.348. The Bertz CT molecular complexity index is 765. The van der Waals surface area contributed by atoms with E-state index in [9.17, 15) is 9.18 Å². The first-order valence-corrected chi connectivity index (χ1v) is 7.32. The third-order valence-corrected chi connectivity index (χ3v) is 3.36. The zero-order valence-corrected chi connectivity index (χ0v) is 13.9. The lowest BCUT2D eigenvalue weighted by molar-refractivity contribution is 0.255. The summed E-state index contributed by atoms with van der Waals surface area (Å²) in [7, 11) is 2.93. The molecule has 0 heterocycles. The normalized spacial score (nSPS) is 10.5. The van der Waals surface area contributed by atoms with Crippen molar-refractivity contribution in [3.63, 3.8) is 0 Å². The zero-order chi connectivity index (χ0) is 17.5. The van der Waals surface area contributed by atoms with Crippen LogP contribution in [0.1, 0.15) is 5.56 Å². The number of nitrogens with one attached hydrogen (secondary N) is 2. The van der Waals surface area contributed by atoms with Gasteiger partial charge in [-0.05, 0) is 23.8 Å². The lowest BCUT2D eigenvalue weighted by Crippen LogP contribution is -2.24. The second kappa shape index (κ2) is 8.21. The Kier molecular flexibility index (Phi) is 6.03. The van der Waals surface area contributed by atoms with E-state index in [4.69, 9.17) is 21.1 Å². The van der Waals surface area contributed by atoms with E-state index in [1.807, 2.05) is 0 Å². The smallest absolute Gasteiger partial charge is 0.323 e. The maximum absolute atomic E-state index is 13.1. The zero-order valence-electron chi connectivity index (χ0n) is 13.1. The molecule has 0 aliphatic carbocycles. The van der Waals surface area contributed by atoms with Crippen LogP contribution in [0.5, 0.6) is 11.5 Å². The Morgan fingerprint density at radius 2 is 1.92 bits per heavy atom. The molecule has 7 heteroatoms. The molecular formula is C17H16ClFN2O3. The number of ether oxygens (including phenoxy) is 2. The summed E-state index contributed by atoms with van der Waals surface area (Å²) in [6.45, 7) is 0. The van der Waals surface area contributed by atoms with Crippen molar-refractivity contribution in [3.05, 3.63) is 59.0 Å². The topological polar surface area (TPSA) is 59.6 Å². The minimum atomic E-state index is -0.495. The van der Waals surface area contributed by atoms with Crippen molar-refractivity contribution in [1.82, 2.24) is 5.32 Å². The number of hydrogen-bond donors (Lipinski definition) is 2. The Morgan fingerprint density at radius 1 is 1.17 bits per heavy atom. The summed E-state index contributed by atoms with van der Waals surface area (Å²) in [6, 6.07) is 8.59. The molecule has 5 nitrogen and oxygen atoms in total. The number of anilines is 1. The molecule has 126 valence electrons. The van der Waals surface area contributed by atoms with Gasteiger partial charge in [0, 0.05) is 18.3 Å². The highest BCUT2D eigenvalue weighted by Gasteiger charge is 2.11. The first kappa shape index (κ1) is 17.6. The molecule has 2 aromatic rings. The molecule has 0 saturated carbocycles. The van der Waals surface area contributed by atoms with E-state index >= 15 is 0 Å². The highest BCUT2D eigenvalue weighted by molar-refractivity contribution is 6.32. The molecule has 0 aromatic heterocycles. The first-order chi connectivity index (χ1) is 11.5. The third kappa shape index (κ3) is 4.63. The van der Waals surface area contributed by atoms with Gasteiger partial charge in [-0.15, -0.1) is 0 Å². The van der Waals surface area contributed by atoms with Crippen molar-refractivity contribution in [3.8, 4) is 11.5 Å².